The average molecular weight is 264 g/mol. The van der Waals surface area contributed by atoms with Crippen LogP contribution in [0.5, 0.6) is 5.75 Å². The molecule has 1 atom stereocenters. The first-order chi connectivity index (χ1) is 9.28. The minimum atomic E-state index is 0.446. The monoisotopic (exact) mass is 264 g/mol. The summed E-state index contributed by atoms with van der Waals surface area (Å²) >= 11 is 0. The van der Waals surface area contributed by atoms with Crippen molar-refractivity contribution in [2.24, 2.45) is 0 Å². The Balaban J connectivity index is 1.71. The molecular formula is C15H24N2O2. The van der Waals surface area contributed by atoms with Gasteiger partial charge in [-0.3, -0.25) is 4.98 Å². The predicted octanol–water partition coefficient (Wildman–Crippen LogP) is 2.45. The maximum atomic E-state index is 5.71. The molecule has 106 valence electrons. The van der Waals surface area contributed by atoms with Crippen molar-refractivity contribution in [3.8, 4) is 5.75 Å². The summed E-state index contributed by atoms with van der Waals surface area (Å²) in [5, 5.41) is 3.43. The van der Waals surface area contributed by atoms with Gasteiger partial charge in [0.25, 0.3) is 0 Å². The van der Waals surface area contributed by atoms with Crippen molar-refractivity contribution in [3.05, 3.63) is 23.5 Å². The Morgan fingerprint density at radius 1 is 1.42 bits per heavy atom. The van der Waals surface area contributed by atoms with Crippen molar-refractivity contribution >= 4 is 0 Å². The fraction of sp³-hybridized carbons (Fsp3) is 0.667. The molecule has 0 radical (unpaired) electrons. The summed E-state index contributed by atoms with van der Waals surface area (Å²) in [6.07, 6.45) is 5.26. The molecular weight excluding hydrogens is 240 g/mol. The van der Waals surface area contributed by atoms with Gasteiger partial charge in [-0.15, -0.1) is 0 Å². The molecule has 0 aliphatic carbocycles. The first-order valence-corrected chi connectivity index (χ1v) is 7.12. The minimum Gasteiger partial charge on any atom is -0.497 e. The number of rotatable bonds is 6. The van der Waals surface area contributed by atoms with Crippen molar-refractivity contribution in [2.45, 2.75) is 45.3 Å². The van der Waals surface area contributed by atoms with E-state index in [1.54, 1.807) is 7.11 Å². The second kappa shape index (κ2) is 7.46. The summed E-state index contributed by atoms with van der Waals surface area (Å²) in [6, 6.07) is 3.93. The quantitative estimate of drug-likeness (QED) is 0.802. The summed E-state index contributed by atoms with van der Waals surface area (Å²) in [5.74, 6) is 0.875. The van der Waals surface area contributed by atoms with Gasteiger partial charge in [0.15, 0.2) is 0 Å². The van der Waals surface area contributed by atoms with Crippen LogP contribution in [0.2, 0.25) is 0 Å². The standard InChI is InChI=1S/C15H24N2O2/c1-12-9-15(18-2)10-13(17-12)11-16-7-6-14-5-3-4-8-19-14/h9-10,14,16H,3-8,11H2,1-2H3. The number of hydrogen-bond donors (Lipinski definition) is 1. The van der Waals surface area contributed by atoms with E-state index in [0.29, 0.717) is 6.10 Å². The van der Waals surface area contributed by atoms with E-state index in [4.69, 9.17) is 9.47 Å². The molecule has 4 heteroatoms. The lowest BCUT2D eigenvalue weighted by Gasteiger charge is -2.22. The fourth-order valence-corrected chi connectivity index (χ4v) is 2.43. The minimum absolute atomic E-state index is 0.446. The fourth-order valence-electron chi connectivity index (χ4n) is 2.43. The Morgan fingerprint density at radius 2 is 2.32 bits per heavy atom. The van der Waals surface area contributed by atoms with Gasteiger partial charge in [-0.2, -0.15) is 0 Å². The number of aryl methyl sites for hydroxylation is 1. The molecule has 1 unspecified atom stereocenters. The van der Waals surface area contributed by atoms with Gasteiger partial charge in [0.1, 0.15) is 5.75 Å². The van der Waals surface area contributed by atoms with E-state index in [1.807, 2.05) is 19.1 Å². The lowest BCUT2D eigenvalue weighted by Crippen LogP contribution is -2.25. The van der Waals surface area contributed by atoms with Crippen LogP contribution in [0.1, 0.15) is 37.1 Å². The van der Waals surface area contributed by atoms with Crippen LogP contribution in [0.4, 0.5) is 0 Å². The van der Waals surface area contributed by atoms with Crippen molar-refractivity contribution in [2.75, 3.05) is 20.3 Å². The van der Waals surface area contributed by atoms with E-state index in [1.165, 1.54) is 19.3 Å². The van der Waals surface area contributed by atoms with Gasteiger partial charge >= 0.3 is 0 Å². The summed E-state index contributed by atoms with van der Waals surface area (Å²) in [5.41, 5.74) is 2.02. The van der Waals surface area contributed by atoms with Gasteiger partial charge in [0.2, 0.25) is 0 Å². The van der Waals surface area contributed by atoms with Gasteiger partial charge in [-0.1, -0.05) is 0 Å². The van der Waals surface area contributed by atoms with Crippen molar-refractivity contribution in [3.63, 3.8) is 0 Å². The van der Waals surface area contributed by atoms with Crippen molar-refractivity contribution < 1.29 is 9.47 Å². The lowest BCUT2D eigenvalue weighted by molar-refractivity contribution is 0.0115. The molecule has 0 amide bonds. The lowest BCUT2D eigenvalue weighted by atomic mass is 10.1. The summed E-state index contributed by atoms with van der Waals surface area (Å²) in [4.78, 5) is 4.49. The maximum Gasteiger partial charge on any atom is 0.122 e. The molecule has 4 nitrogen and oxygen atoms in total. The molecule has 0 bridgehead atoms. The maximum absolute atomic E-state index is 5.71. The molecule has 2 heterocycles. The molecule has 0 aromatic carbocycles. The average Bonchev–Trinajstić information content (AvgIpc) is 2.44. The zero-order chi connectivity index (χ0) is 13.5. The molecule has 1 fully saturated rings. The topological polar surface area (TPSA) is 43.4 Å². The highest BCUT2D eigenvalue weighted by Crippen LogP contribution is 2.15. The molecule has 1 aromatic rings. The Kier molecular flexibility index (Phi) is 5.61. The highest BCUT2D eigenvalue weighted by molar-refractivity contribution is 5.26. The number of nitrogens with zero attached hydrogens (tertiary/aromatic N) is 1. The highest BCUT2D eigenvalue weighted by Gasteiger charge is 2.12. The van der Waals surface area contributed by atoms with E-state index in [0.717, 1.165) is 43.3 Å². The normalized spacial score (nSPS) is 19.4. The van der Waals surface area contributed by atoms with E-state index in [9.17, 15) is 0 Å². The third kappa shape index (κ3) is 4.80. The number of hydrogen-bond acceptors (Lipinski definition) is 4. The summed E-state index contributed by atoms with van der Waals surface area (Å²) < 4.78 is 11.0. The highest BCUT2D eigenvalue weighted by atomic mass is 16.5. The van der Waals surface area contributed by atoms with Crippen molar-refractivity contribution in [1.29, 1.82) is 0 Å². The molecule has 0 saturated carbocycles. The second-order valence-corrected chi connectivity index (χ2v) is 5.09. The van der Waals surface area contributed by atoms with Crippen LogP contribution in [-0.4, -0.2) is 31.3 Å². The number of nitrogens with one attached hydrogen (secondary N) is 1. The van der Waals surface area contributed by atoms with Crippen molar-refractivity contribution in [1.82, 2.24) is 10.3 Å². The van der Waals surface area contributed by atoms with Crippen LogP contribution in [-0.2, 0) is 11.3 Å². The van der Waals surface area contributed by atoms with Crippen LogP contribution in [0.3, 0.4) is 0 Å². The number of pyridine rings is 1. The van der Waals surface area contributed by atoms with Crippen LogP contribution in [0, 0.1) is 6.92 Å². The zero-order valence-corrected chi connectivity index (χ0v) is 11.9. The Bertz CT molecular complexity index is 390. The number of ether oxygens (including phenoxy) is 2. The molecule has 1 aliphatic rings. The van der Waals surface area contributed by atoms with Gasteiger partial charge in [-0.25, -0.2) is 0 Å². The third-order valence-electron chi connectivity index (χ3n) is 3.44. The molecule has 1 N–H and O–H groups in total. The molecule has 1 aromatic heterocycles. The molecule has 2 rings (SSSR count). The predicted molar refractivity (Wildman–Crippen MR) is 75.4 cm³/mol. The smallest absolute Gasteiger partial charge is 0.122 e. The molecule has 1 saturated heterocycles. The third-order valence-corrected chi connectivity index (χ3v) is 3.44. The first kappa shape index (κ1) is 14.3. The molecule has 0 spiro atoms. The Hall–Kier alpha value is -1.13. The molecule has 19 heavy (non-hydrogen) atoms. The molecule has 1 aliphatic heterocycles. The Morgan fingerprint density at radius 3 is 3.05 bits per heavy atom. The van der Waals surface area contributed by atoms with Crippen LogP contribution >= 0.6 is 0 Å². The van der Waals surface area contributed by atoms with Crippen LogP contribution in [0.15, 0.2) is 12.1 Å². The first-order valence-electron chi connectivity index (χ1n) is 7.12. The van der Waals surface area contributed by atoms with E-state index in [2.05, 4.69) is 10.3 Å². The number of aromatic nitrogens is 1. The summed E-state index contributed by atoms with van der Waals surface area (Å²) in [7, 11) is 1.69. The summed E-state index contributed by atoms with van der Waals surface area (Å²) in [6.45, 7) is 4.68. The van der Waals surface area contributed by atoms with Gasteiger partial charge in [0, 0.05) is 31.0 Å². The second-order valence-electron chi connectivity index (χ2n) is 5.09. The van der Waals surface area contributed by atoms with Gasteiger partial charge in [0.05, 0.1) is 18.9 Å². The van der Waals surface area contributed by atoms with E-state index >= 15 is 0 Å². The van der Waals surface area contributed by atoms with E-state index < -0.39 is 0 Å². The van der Waals surface area contributed by atoms with E-state index in [-0.39, 0.29) is 0 Å². The van der Waals surface area contributed by atoms with Crippen LogP contribution in [0.25, 0.3) is 0 Å². The number of methoxy groups -OCH3 is 1. The van der Waals surface area contributed by atoms with Gasteiger partial charge < -0.3 is 14.8 Å². The largest absolute Gasteiger partial charge is 0.497 e. The van der Waals surface area contributed by atoms with Crippen LogP contribution < -0.4 is 10.1 Å². The van der Waals surface area contributed by atoms with Gasteiger partial charge in [-0.05, 0) is 39.2 Å². The SMILES string of the molecule is COc1cc(C)nc(CNCCC2CCCCO2)c1. The Labute approximate surface area is 115 Å². The zero-order valence-electron chi connectivity index (χ0n) is 11.9.